The maximum absolute atomic E-state index is 11.6. The Bertz CT molecular complexity index is 815. The van der Waals surface area contributed by atoms with E-state index in [1.54, 1.807) is 12.1 Å². The Balaban J connectivity index is 2.23. The number of rotatable bonds is 7. The molecule has 0 spiro atoms. The molecule has 0 radical (unpaired) electrons. The lowest BCUT2D eigenvalue weighted by atomic mass is 10.0. The molecule has 2 rings (SSSR count). The van der Waals surface area contributed by atoms with Gasteiger partial charge in [-0.2, -0.15) is 0 Å². The van der Waals surface area contributed by atoms with E-state index in [1.165, 1.54) is 7.11 Å². The minimum Gasteiger partial charge on any atom is -0.508 e. The van der Waals surface area contributed by atoms with Gasteiger partial charge in [-0.1, -0.05) is 13.8 Å². The van der Waals surface area contributed by atoms with Crippen molar-refractivity contribution in [3.63, 3.8) is 0 Å². The molecule has 26 heavy (non-hydrogen) atoms. The molecule has 0 aliphatic heterocycles. The molecule has 2 aromatic carbocycles. The van der Waals surface area contributed by atoms with Crippen LogP contribution in [0.5, 0.6) is 17.2 Å². The monoisotopic (exact) mass is 506 g/mol. The number of ether oxygens (including phenoxy) is 1. The van der Waals surface area contributed by atoms with Crippen molar-refractivity contribution in [3.8, 4) is 17.2 Å². The van der Waals surface area contributed by atoms with E-state index >= 15 is 0 Å². The highest BCUT2D eigenvalue weighted by atomic mass is 79.9. The van der Waals surface area contributed by atoms with Crippen LogP contribution in [-0.2, 0) is 15.5 Å². The summed E-state index contributed by atoms with van der Waals surface area (Å²) >= 11 is 6.98. The van der Waals surface area contributed by atoms with Gasteiger partial charge < -0.3 is 19.3 Å². The van der Waals surface area contributed by atoms with Crippen molar-refractivity contribution in [1.82, 2.24) is 0 Å². The first-order valence-electron chi connectivity index (χ1n) is 7.99. The number of benzene rings is 2. The molecule has 0 aliphatic rings. The molecule has 0 heterocycles. The quantitative estimate of drug-likeness (QED) is 0.436. The normalized spacial score (nSPS) is 13.7. The third-order valence-electron chi connectivity index (χ3n) is 3.87. The first-order valence-corrected chi connectivity index (χ1v) is 11.3. The predicted octanol–water partition coefficient (Wildman–Crippen LogP) is 6.21. The molecule has 142 valence electrons. The molecular formula is C18H21Br2O5P. The van der Waals surface area contributed by atoms with Crippen LogP contribution in [0, 0.1) is 0 Å². The fourth-order valence-electron chi connectivity index (χ4n) is 2.39. The Kier molecular flexibility index (Phi) is 7.34. The molecular weight excluding hydrogens is 487 g/mol. The first kappa shape index (κ1) is 21.5. The zero-order valence-corrected chi connectivity index (χ0v) is 18.8. The van der Waals surface area contributed by atoms with Crippen LogP contribution in [0.1, 0.15) is 30.9 Å². The third-order valence-corrected chi connectivity index (χ3v) is 6.40. The van der Waals surface area contributed by atoms with Gasteiger partial charge in [-0.3, -0.25) is 4.57 Å². The minimum absolute atomic E-state index is 0.0400. The van der Waals surface area contributed by atoms with E-state index in [9.17, 15) is 14.6 Å². The number of aryl methyl sites for hydroxylation is 1. The molecule has 0 saturated heterocycles. The summed E-state index contributed by atoms with van der Waals surface area (Å²) in [5.74, 6) is 1.61. The van der Waals surface area contributed by atoms with E-state index in [0.717, 1.165) is 11.1 Å². The Labute approximate surface area is 170 Å². The second-order valence-corrected chi connectivity index (χ2v) is 9.96. The van der Waals surface area contributed by atoms with Crippen molar-refractivity contribution in [2.45, 2.75) is 26.2 Å². The van der Waals surface area contributed by atoms with Crippen molar-refractivity contribution >= 4 is 39.5 Å². The van der Waals surface area contributed by atoms with Crippen LogP contribution in [0.4, 0.5) is 0 Å². The van der Waals surface area contributed by atoms with Gasteiger partial charge in [-0.05, 0) is 80.1 Å². The molecule has 0 bridgehead atoms. The molecule has 8 heteroatoms. The third kappa shape index (κ3) is 5.57. The highest BCUT2D eigenvalue weighted by Crippen LogP contribution is 2.43. The summed E-state index contributed by atoms with van der Waals surface area (Å²) in [7, 11) is -2.31. The van der Waals surface area contributed by atoms with Crippen molar-refractivity contribution in [3.05, 3.63) is 50.4 Å². The van der Waals surface area contributed by atoms with E-state index in [2.05, 4.69) is 36.4 Å². The topological polar surface area (TPSA) is 76.0 Å². The smallest absolute Gasteiger partial charge is 0.328 e. The fraction of sp³-hybridized carbons (Fsp3) is 0.333. The highest BCUT2D eigenvalue weighted by Gasteiger charge is 2.18. The molecule has 2 aromatic rings. The average Bonchev–Trinajstić information content (AvgIpc) is 2.57. The minimum atomic E-state index is -3.54. The molecule has 0 saturated carbocycles. The van der Waals surface area contributed by atoms with Crippen molar-refractivity contribution < 1.29 is 23.8 Å². The van der Waals surface area contributed by atoms with Gasteiger partial charge in [-0.25, -0.2) is 0 Å². The van der Waals surface area contributed by atoms with Gasteiger partial charge in [0.05, 0.1) is 15.1 Å². The van der Waals surface area contributed by atoms with E-state index in [0.29, 0.717) is 26.9 Å². The summed E-state index contributed by atoms with van der Waals surface area (Å²) in [6, 6.07) is 8.82. The van der Waals surface area contributed by atoms with Gasteiger partial charge in [0.2, 0.25) is 0 Å². The maximum atomic E-state index is 11.6. The lowest BCUT2D eigenvalue weighted by Crippen LogP contribution is -1.97. The van der Waals surface area contributed by atoms with Gasteiger partial charge in [0.15, 0.2) is 5.75 Å². The molecule has 0 aliphatic carbocycles. The van der Waals surface area contributed by atoms with Crippen LogP contribution in [-0.4, -0.2) is 23.3 Å². The van der Waals surface area contributed by atoms with E-state index in [4.69, 9.17) is 4.74 Å². The van der Waals surface area contributed by atoms with Gasteiger partial charge >= 0.3 is 7.60 Å². The van der Waals surface area contributed by atoms with Crippen LogP contribution in [0.25, 0.3) is 0 Å². The fourth-order valence-corrected chi connectivity index (χ4v) is 4.56. The number of hydrogen-bond donors (Lipinski definition) is 2. The molecule has 5 nitrogen and oxygen atoms in total. The predicted molar refractivity (Wildman–Crippen MR) is 110 cm³/mol. The maximum Gasteiger partial charge on any atom is 0.328 e. The van der Waals surface area contributed by atoms with Crippen molar-refractivity contribution in [2.75, 3.05) is 13.3 Å². The zero-order valence-electron chi connectivity index (χ0n) is 14.7. The SMILES string of the molecule is COP(=O)(O)CCc1cc(Br)c(Oc2ccc(O)c(C(C)C)c2)c(Br)c1. The molecule has 0 fully saturated rings. The summed E-state index contributed by atoms with van der Waals surface area (Å²) in [5.41, 5.74) is 1.68. The summed E-state index contributed by atoms with van der Waals surface area (Å²) in [5, 5.41) is 9.93. The molecule has 2 N–H and O–H groups in total. The van der Waals surface area contributed by atoms with Gasteiger partial charge in [-0.15, -0.1) is 0 Å². The molecule has 1 unspecified atom stereocenters. The Morgan fingerprint density at radius 1 is 1.15 bits per heavy atom. The van der Waals surface area contributed by atoms with Gasteiger partial charge in [0.1, 0.15) is 11.5 Å². The van der Waals surface area contributed by atoms with Gasteiger partial charge in [0, 0.05) is 12.7 Å². The van der Waals surface area contributed by atoms with Gasteiger partial charge in [0.25, 0.3) is 0 Å². The van der Waals surface area contributed by atoms with E-state index in [1.807, 2.05) is 32.0 Å². The van der Waals surface area contributed by atoms with E-state index in [-0.39, 0.29) is 17.8 Å². The van der Waals surface area contributed by atoms with Crippen molar-refractivity contribution in [2.24, 2.45) is 0 Å². The standard InChI is InChI=1S/C18H21Br2O5P/c1-11(2)14-10-13(4-5-17(14)21)25-18-15(19)8-12(9-16(18)20)6-7-26(22,23)24-3/h4-5,8-11,21H,6-7H2,1-3H3,(H,22,23). The Morgan fingerprint density at radius 3 is 2.31 bits per heavy atom. The number of phenols is 1. The average molecular weight is 508 g/mol. The Morgan fingerprint density at radius 2 is 1.77 bits per heavy atom. The van der Waals surface area contributed by atoms with Crippen LogP contribution >= 0.6 is 39.5 Å². The largest absolute Gasteiger partial charge is 0.508 e. The number of phenolic OH excluding ortho intramolecular Hbond substituents is 1. The molecule has 0 amide bonds. The van der Waals surface area contributed by atoms with Crippen molar-refractivity contribution in [1.29, 1.82) is 0 Å². The summed E-state index contributed by atoms with van der Waals surface area (Å²) in [4.78, 5) is 9.53. The van der Waals surface area contributed by atoms with Crippen LogP contribution < -0.4 is 4.74 Å². The Hall–Kier alpha value is -0.850. The summed E-state index contributed by atoms with van der Waals surface area (Å²) in [6.45, 7) is 4.00. The summed E-state index contributed by atoms with van der Waals surface area (Å²) in [6.07, 6.45) is 0.439. The van der Waals surface area contributed by atoms with Crippen LogP contribution in [0.15, 0.2) is 39.3 Å². The number of hydrogen-bond acceptors (Lipinski definition) is 4. The summed E-state index contributed by atoms with van der Waals surface area (Å²) < 4.78 is 23.6. The number of halogens is 2. The molecule has 1 atom stereocenters. The van der Waals surface area contributed by atoms with Crippen LogP contribution in [0.2, 0.25) is 0 Å². The second-order valence-electron chi connectivity index (χ2n) is 6.16. The number of aromatic hydroxyl groups is 1. The first-order chi connectivity index (χ1) is 12.1. The van der Waals surface area contributed by atoms with E-state index < -0.39 is 7.60 Å². The lowest BCUT2D eigenvalue weighted by Gasteiger charge is -2.15. The zero-order chi connectivity index (χ0) is 19.5. The lowest BCUT2D eigenvalue weighted by molar-refractivity contribution is 0.316. The highest BCUT2D eigenvalue weighted by molar-refractivity contribution is 9.11. The molecule has 0 aromatic heterocycles. The second kappa shape index (κ2) is 8.89. The van der Waals surface area contributed by atoms with Crippen LogP contribution in [0.3, 0.4) is 0 Å².